The molecule has 0 bridgehead atoms. The minimum atomic E-state index is -0.0518. The molecular formula is C30H30N4OS2. The van der Waals surface area contributed by atoms with Crippen LogP contribution < -0.4 is 5.32 Å². The Morgan fingerprint density at radius 2 is 1.89 bits per heavy atom. The zero-order chi connectivity index (χ0) is 26.1. The van der Waals surface area contributed by atoms with Crippen molar-refractivity contribution in [1.29, 1.82) is 5.26 Å². The van der Waals surface area contributed by atoms with Crippen molar-refractivity contribution in [1.82, 2.24) is 9.88 Å². The van der Waals surface area contributed by atoms with Crippen LogP contribution >= 0.6 is 22.7 Å². The van der Waals surface area contributed by atoms with E-state index in [0.717, 1.165) is 79.8 Å². The molecular weight excluding hydrogens is 496 g/mol. The molecule has 0 fully saturated rings. The summed E-state index contributed by atoms with van der Waals surface area (Å²) in [5.41, 5.74) is 7.84. The maximum Gasteiger partial charge on any atom is 0.254 e. The van der Waals surface area contributed by atoms with Gasteiger partial charge in [0.05, 0.1) is 11.1 Å². The van der Waals surface area contributed by atoms with Crippen LogP contribution in [0, 0.1) is 39.0 Å². The first-order chi connectivity index (χ1) is 17.9. The molecule has 7 heteroatoms. The fourth-order valence-corrected chi connectivity index (χ4v) is 7.45. The highest BCUT2D eigenvalue weighted by Crippen LogP contribution is 2.40. The maximum absolute atomic E-state index is 13.4. The molecule has 0 unspecified atom stereocenters. The fourth-order valence-electron chi connectivity index (χ4n) is 5.00. The lowest BCUT2D eigenvalue weighted by Crippen LogP contribution is -2.24. The van der Waals surface area contributed by atoms with E-state index in [0.29, 0.717) is 6.54 Å². The third kappa shape index (κ3) is 4.79. The lowest BCUT2D eigenvalue weighted by atomic mass is 9.95. The summed E-state index contributed by atoms with van der Waals surface area (Å²) in [6.45, 7) is 8.68. The number of aryl methyl sites for hydroxylation is 3. The first-order valence-corrected chi connectivity index (χ1v) is 14.2. The van der Waals surface area contributed by atoms with Gasteiger partial charge in [-0.15, -0.1) is 22.7 Å². The van der Waals surface area contributed by atoms with Crippen LogP contribution in [-0.2, 0) is 19.4 Å². The summed E-state index contributed by atoms with van der Waals surface area (Å²) in [6, 6.07) is 14.5. The van der Waals surface area contributed by atoms with E-state index in [-0.39, 0.29) is 5.91 Å². The lowest BCUT2D eigenvalue weighted by Gasteiger charge is -2.12. The number of thiophene rings is 2. The molecule has 37 heavy (non-hydrogen) atoms. The van der Waals surface area contributed by atoms with E-state index in [1.807, 2.05) is 43.5 Å². The Morgan fingerprint density at radius 3 is 2.65 bits per heavy atom. The summed E-state index contributed by atoms with van der Waals surface area (Å²) in [6.07, 6.45) is 6.08. The third-order valence-electron chi connectivity index (χ3n) is 7.15. The number of carbonyl (C=O) groups excluding carboxylic acids is 1. The maximum atomic E-state index is 13.4. The first-order valence-electron chi connectivity index (χ1n) is 12.6. The molecule has 188 valence electrons. The first kappa shape index (κ1) is 25.2. The Balaban J connectivity index is 1.48. The summed E-state index contributed by atoms with van der Waals surface area (Å²) in [5.74, 6) is -0.0518. The van der Waals surface area contributed by atoms with E-state index < -0.39 is 0 Å². The molecule has 1 aliphatic carbocycles. The molecule has 0 spiro atoms. The van der Waals surface area contributed by atoms with Crippen molar-refractivity contribution in [2.75, 3.05) is 0 Å². The summed E-state index contributed by atoms with van der Waals surface area (Å²) in [7, 11) is 0. The van der Waals surface area contributed by atoms with Gasteiger partial charge in [0, 0.05) is 39.5 Å². The Bertz CT molecular complexity index is 1550. The molecule has 5 rings (SSSR count). The van der Waals surface area contributed by atoms with Crippen LogP contribution in [0.25, 0.3) is 5.00 Å². The minimum absolute atomic E-state index is 0.0518. The number of rotatable bonds is 6. The molecule has 0 saturated heterocycles. The average Bonchev–Trinajstić information content (AvgIpc) is 3.51. The Kier molecular flexibility index (Phi) is 7.14. The number of nitrogens with zero attached hydrogens (tertiary/aromatic N) is 3. The van der Waals surface area contributed by atoms with E-state index in [9.17, 15) is 10.1 Å². The highest BCUT2D eigenvalue weighted by atomic mass is 32.1. The largest absolute Gasteiger partial charge is 0.348 e. The number of carbonyl (C=O) groups is 1. The van der Waals surface area contributed by atoms with E-state index in [4.69, 9.17) is 4.99 Å². The van der Waals surface area contributed by atoms with Gasteiger partial charge in [0.15, 0.2) is 0 Å². The van der Waals surface area contributed by atoms with Gasteiger partial charge in [-0.05, 0) is 76.1 Å². The van der Waals surface area contributed by atoms with Crippen LogP contribution in [0.1, 0.15) is 72.2 Å². The van der Waals surface area contributed by atoms with Crippen molar-refractivity contribution in [2.24, 2.45) is 4.99 Å². The number of fused-ring (bicyclic) bond motifs is 1. The van der Waals surface area contributed by atoms with Gasteiger partial charge >= 0.3 is 0 Å². The second-order valence-electron chi connectivity index (χ2n) is 9.55. The zero-order valence-electron chi connectivity index (χ0n) is 21.6. The second kappa shape index (κ2) is 10.5. The second-order valence-corrected chi connectivity index (χ2v) is 11.8. The summed E-state index contributed by atoms with van der Waals surface area (Å²) in [4.78, 5) is 20.7. The molecule has 5 nitrogen and oxygen atoms in total. The van der Waals surface area contributed by atoms with Gasteiger partial charge in [-0.25, -0.2) is 4.99 Å². The van der Waals surface area contributed by atoms with E-state index in [2.05, 4.69) is 42.8 Å². The van der Waals surface area contributed by atoms with E-state index in [1.165, 1.54) is 10.4 Å². The average molecular weight is 527 g/mol. The Hall–Kier alpha value is -3.47. The molecule has 0 aliphatic heterocycles. The van der Waals surface area contributed by atoms with Gasteiger partial charge in [0.25, 0.3) is 5.91 Å². The number of amides is 1. The van der Waals surface area contributed by atoms with Crippen molar-refractivity contribution in [2.45, 2.75) is 59.9 Å². The number of hydrogen-bond donors (Lipinski definition) is 1. The van der Waals surface area contributed by atoms with Gasteiger partial charge in [0.2, 0.25) is 0 Å². The van der Waals surface area contributed by atoms with Crippen LogP contribution in [0.15, 0.2) is 41.4 Å². The highest BCUT2D eigenvalue weighted by Gasteiger charge is 2.25. The predicted molar refractivity (Wildman–Crippen MR) is 153 cm³/mol. The standard InChI is InChI=1S/C30H30N4OS2/c1-18-14-23(20(3)34(18)30-25(15-31)19(2)21(4)36-30)17-33-29-27(24-12-8-9-13-26(24)37-29)28(35)32-16-22-10-6-5-7-11-22/h5-7,10-11,14,17H,8-9,12-13,16H2,1-4H3,(H,32,35). The normalized spacial score (nSPS) is 13.1. The topological polar surface area (TPSA) is 70.2 Å². The van der Waals surface area contributed by atoms with Gasteiger partial charge in [0.1, 0.15) is 16.1 Å². The molecule has 3 heterocycles. The number of aliphatic imine (C=N–C) groups is 1. The number of aromatic nitrogens is 1. The van der Waals surface area contributed by atoms with Crippen LogP contribution in [0.5, 0.6) is 0 Å². The van der Waals surface area contributed by atoms with E-state index in [1.54, 1.807) is 22.7 Å². The number of hydrogen-bond acceptors (Lipinski definition) is 5. The van der Waals surface area contributed by atoms with Crippen LogP contribution in [0.4, 0.5) is 5.00 Å². The van der Waals surface area contributed by atoms with Crippen molar-refractivity contribution >= 4 is 39.8 Å². The molecule has 1 N–H and O–H groups in total. The van der Waals surface area contributed by atoms with Crippen LogP contribution in [0.2, 0.25) is 0 Å². The number of benzene rings is 1. The smallest absolute Gasteiger partial charge is 0.254 e. The molecule has 0 saturated carbocycles. The van der Waals surface area contributed by atoms with Gasteiger partial charge in [-0.3, -0.25) is 4.79 Å². The molecule has 0 atom stereocenters. The van der Waals surface area contributed by atoms with Gasteiger partial charge < -0.3 is 9.88 Å². The molecule has 4 aromatic rings. The van der Waals surface area contributed by atoms with Crippen molar-refractivity contribution in [3.05, 3.63) is 90.9 Å². The molecule has 1 aliphatic rings. The highest BCUT2D eigenvalue weighted by molar-refractivity contribution is 7.16. The zero-order valence-corrected chi connectivity index (χ0v) is 23.3. The van der Waals surface area contributed by atoms with Crippen LogP contribution in [-0.4, -0.2) is 16.7 Å². The quantitative estimate of drug-likeness (QED) is 0.269. The lowest BCUT2D eigenvalue weighted by molar-refractivity contribution is 0.0951. The molecule has 0 radical (unpaired) electrons. The number of nitrogens with one attached hydrogen (secondary N) is 1. The fraction of sp³-hybridized carbons (Fsp3) is 0.300. The van der Waals surface area contributed by atoms with Crippen LogP contribution in [0.3, 0.4) is 0 Å². The monoisotopic (exact) mass is 526 g/mol. The third-order valence-corrected chi connectivity index (χ3v) is 9.54. The predicted octanol–water partition coefficient (Wildman–Crippen LogP) is 7.27. The SMILES string of the molecule is Cc1sc(-n2c(C)cc(C=Nc3sc4c(c3C(=O)NCc3ccccc3)CCCC4)c2C)c(C#N)c1C. The van der Waals surface area contributed by atoms with Gasteiger partial charge in [-0.2, -0.15) is 5.26 Å². The Morgan fingerprint density at radius 1 is 1.14 bits per heavy atom. The van der Waals surface area contributed by atoms with Crippen molar-refractivity contribution in [3.63, 3.8) is 0 Å². The Labute approximate surface area is 226 Å². The minimum Gasteiger partial charge on any atom is -0.348 e. The molecule has 1 amide bonds. The summed E-state index contributed by atoms with van der Waals surface area (Å²) >= 11 is 3.30. The van der Waals surface area contributed by atoms with Gasteiger partial charge in [-0.1, -0.05) is 30.3 Å². The number of nitriles is 1. The van der Waals surface area contributed by atoms with Crippen molar-refractivity contribution < 1.29 is 4.79 Å². The van der Waals surface area contributed by atoms with E-state index >= 15 is 0 Å². The van der Waals surface area contributed by atoms with Crippen molar-refractivity contribution in [3.8, 4) is 11.1 Å². The molecule has 3 aromatic heterocycles. The molecule has 1 aromatic carbocycles. The summed E-state index contributed by atoms with van der Waals surface area (Å²) < 4.78 is 2.15. The summed E-state index contributed by atoms with van der Waals surface area (Å²) in [5, 5.41) is 14.6.